The third-order valence-electron chi connectivity index (χ3n) is 3.44. The second-order valence-electron chi connectivity index (χ2n) is 4.58. The van der Waals surface area contributed by atoms with Crippen molar-refractivity contribution in [1.82, 2.24) is 14.8 Å². The number of fused-ring (bicyclic) bond motifs is 2. The SMILES string of the molecule is COc1cc2nc3c(cc2c(OC)c1OC)c(N)nn3C. The number of aromatic nitrogens is 3. The summed E-state index contributed by atoms with van der Waals surface area (Å²) in [5, 5.41) is 5.75. The number of nitrogen functional groups attached to an aromatic ring is 1. The molecule has 110 valence electrons. The van der Waals surface area contributed by atoms with E-state index in [4.69, 9.17) is 19.9 Å². The monoisotopic (exact) mass is 288 g/mol. The number of hydrogen-bond donors (Lipinski definition) is 1. The maximum Gasteiger partial charge on any atom is 0.204 e. The lowest BCUT2D eigenvalue weighted by Crippen LogP contribution is -1.98. The molecule has 2 aromatic heterocycles. The molecule has 0 amide bonds. The van der Waals surface area contributed by atoms with E-state index in [9.17, 15) is 0 Å². The number of rotatable bonds is 3. The summed E-state index contributed by atoms with van der Waals surface area (Å²) in [4.78, 5) is 4.60. The summed E-state index contributed by atoms with van der Waals surface area (Å²) in [6.07, 6.45) is 0. The number of pyridine rings is 1. The van der Waals surface area contributed by atoms with E-state index in [1.165, 1.54) is 0 Å². The molecule has 0 aliphatic rings. The first-order valence-electron chi connectivity index (χ1n) is 6.32. The van der Waals surface area contributed by atoms with Crippen LogP contribution >= 0.6 is 0 Å². The minimum atomic E-state index is 0.429. The largest absolute Gasteiger partial charge is 0.493 e. The zero-order chi connectivity index (χ0) is 15.1. The Labute approximate surface area is 121 Å². The molecule has 0 spiro atoms. The Morgan fingerprint density at radius 2 is 1.71 bits per heavy atom. The number of benzene rings is 1. The maximum atomic E-state index is 5.92. The lowest BCUT2D eigenvalue weighted by Gasteiger charge is -2.14. The van der Waals surface area contributed by atoms with Crippen LogP contribution < -0.4 is 19.9 Å². The number of anilines is 1. The van der Waals surface area contributed by atoms with Crippen LogP contribution in [0.25, 0.3) is 21.9 Å². The van der Waals surface area contributed by atoms with Gasteiger partial charge in [-0.2, -0.15) is 5.10 Å². The molecule has 0 radical (unpaired) electrons. The van der Waals surface area contributed by atoms with Crippen LogP contribution in [0, 0.1) is 0 Å². The molecule has 0 fully saturated rings. The summed E-state index contributed by atoms with van der Waals surface area (Å²) in [6.45, 7) is 0. The Morgan fingerprint density at radius 3 is 2.33 bits per heavy atom. The fraction of sp³-hybridized carbons (Fsp3) is 0.286. The van der Waals surface area contributed by atoms with Crippen LogP contribution in [-0.2, 0) is 7.05 Å². The van der Waals surface area contributed by atoms with Gasteiger partial charge in [0.2, 0.25) is 5.75 Å². The number of aryl methyl sites for hydroxylation is 1. The van der Waals surface area contributed by atoms with Crippen molar-refractivity contribution < 1.29 is 14.2 Å². The molecule has 0 bridgehead atoms. The van der Waals surface area contributed by atoms with Crippen molar-refractivity contribution in [3.8, 4) is 17.2 Å². The minimum Gasteiger partial charge on any atom is -0.493 e. The predicted molar refractivity (Wildman–Crippen MR) is 80.1 cm³/mol. The molecule has 0 aliphatic carbocycles. The molecule has 2 N–H and O–H groups in total. The van der Waals surface area contributed by atoms with Crippen LogP contribution in [0.5, 0.6) is 17.2 Å². The average molecular weight is 288 g/mol. The average Bonchev–Trinajstić information content (AvgIpc) is 2.77. The van der Waals surface area contributed by atoms with Crippen LogP contribution in [-0.4, -0.2) is 36.1 Å². The standard InChI is InChI=1S/C14H16N4O3/c1-18-14-8(13(15)17-18)5-7-9(16-14)6-10(19-2)12(21-4)11(7)20-3/h5-6H,1-4H3,(H2,15,17). The van der Waals surface area contributed by atoms with Crippen molar-refractivity contribution in [2.75, 3.05) is 27.1 Å². The van der Waals surface area contributed by atoms with Crippen molar-refractivity contribution in [2.24, 2.45) is 7.05 Å². The van der Waals surface area contributed by atoms with Crippen LogP contribution in [0.1, 0.15) is 0 Å². The highest BCUT2D eigenvalue weighted by molar-refractivity contribution is 6.00. The van der Waals surface area contributed by atoms with Gasteiger partial charge in [0.05, 0.1) is 32.2 Å². The molecule has 0 saturated carbocycles. The molecule has 3 rings (SSSR count). The van der Waals surface area contributed by atoms with Gasteiger partial charge in [-0.25, -0.2) is 9.67 Å². The molecular formula is C14H16N4O3. The Kier molecular flexibility index (Phi) is 2.97. The third-order valence-corrected chi connectivity index (χ3v) is 3.44. The van der Waals surface area contributed by atoms with E-state index in [-0.39, 0.29) is 0 Å². The molecule has 0 unspecified atom stereocenters. The van der Waals surface area contributed by atoms with Crippen LogP contribution in [0.2, 0.25) is 0 Å². The molecule has 7 heteroatoms. The van der Waals surface area contributed by atoms with E-state index in [1.807, 2.05) is 6.07 Å². The fourth-order valence-electron chi connectivity index (χ4n) is 2.48. The van der Waals surface area contributed by atoms with Gasteiger partial charge in [-0.05, 0) is 6.07 Å². The summed E-state index contributed by atoms with van der Waals surface area (Å²) in [5.41, 5.74) is 7.34. The van der Waals surface area contributed by atoms with Gasteiger partial charge < -0.3 is 19.9 Å². The van der Waals surface area contributed by atoms with Crippen LogP contribution in [0.4, 0.5) is 5.82 Å². The molecule has 2 heterocycles. The number of hydrogen-bond acceptors (Lipinski definition) is 6. The predicted octanol–water partition coefficient (Wildman–Crippen LogP) is 1.73. The topological polar surface area (TPSA) is 84.4 Å². The van der Waals surface area contributed by atoms with Gasteiger partial charge in [-0.3, -0.25) is 0 Å². The fourth-order valence-corrected chi connectivity index (χ4v) is 2.48. The number of nitrogens with zero attached hydrogens (tertiary/aromatic N) is 3. The Hall–Kier alpha value is -2.70. The molecule has 21 heavy (non-hydrogen) atoms. The van der Waals surface area contributed by atoms with E-state index in [1.54, 1.807) is 39.1 Å². The smallest absolute Gasteiger partial charge is 0.204 e. The summed E-state index contributed by atoms with van der Waals surface area (Å²) in [5.74, 6) is 2.07. The highest BCUT2D eigenvalue weighted by Crippen LogP contribution is 2.43. The Balaban J connectivity index is 2.48. The quantitative estimate of drug-likeness (QED) is 0.790. The van der Waals surface area contributed by atoms with Crippen molar-refractivity contribution in [3.05, 3.63) is 12.1 Å². The summed E-state index contributed by atoms with van der Waals surface area (Å²) in [7, 11) is 6.52. The number of ether oxygens (including phenoxy) is 3. The minimum absolute atomic E-state index is 0.429. The first-order valence-corrected chi connectivity index (χ1v) is 6.32. The van der Waals surface area contributed by atoms with Gasteiger partial charge in [0.1, 0.15) is 0 Å². The maximum absolute atomic E-state index is 5.92. The molecule has 7 nitrogen and oxygen atoms in total. The summed E-state index contributed by atoms with van der Waals surface area (Å²) >= 11 is 0. The summed E-state index contributed by atoms with van der Waals surface area (Å²) < 4.78 is 17.8. The molecular weight excluding hydrogens is 272 g/mol. The van der Waals surface area contributed by atoms with Gasteiger partial charge in [-0.15, -0.1) is 0 Å². The van der Waals surface area contributed by atoms with Crippen molar-refractivity contribution in [3.63, 3.8) is 0 Å². The van der Waals surface area contributed by atoms with Crippen molar-refractivity contribution >= 4 is 27.8 Å². The first-order chi connectivity index (χ1) is 10.1. The highest BCUT2D eigenvalue weighted by atomic mass is 16.5. The molecule has 0 aliphatic heterocycles. The second-order valence-corrected chi connectivity index (χ2v) is 4.58. The zero-order valence-corrected chi connectivity index (χ0v) is 12.3. The van der Waals surface area contributed by atoms with Crippen molar-refractivity contribution in [1.29, 1.82) is 0 Å². The van der Waals surface area contributed by atoms with E-state index in [2.05, 4.69) is 10.1 Å². The van der Waals surface area contributed by atoms with Crippen LogP contribution in [0.3, 0.4) is 0 Å². The Morgan fingerprint density at radius 1 is 1.00 bits per heavy atom. The zero-order valence-electron chi connectivity index (χ0n) is 12.3. The third kappa shape index (κ3) is 1.81. The number of methoxy groups -OCH3 is 3. The van der Waals surface area contributed by atoms with E-state index in [0.717, 1.165) is 16.3 Å². The molecule has 0 saturated heterocycles. The normalized spacial score (nSPS) is 11.0. The summed E-state index contributed by atoms with van der Waals surface area (Å²) in [6, 6.07) is 3.71. The molecule has 1 aromatic carbocycles. The van der Waals surface area contributed by atoms with Gasteiger partial charge in [0.15, 0.2) is 23.0 Å². The van der Waals surface area contributed by atoms with Gasteiger partial charge in [-0.1, -0.05) is 0 Å². The number of nitrogens with two attached hydrogens (primary N) is 1. The van der Waals surface area contributed by atoms with Crippen molar-refractivity contribution in [2.45, 2.75) is 0 Å². The van der Waals surface area contributed by atoms with Gasteiger partial charge >= 0.3 is 0 Å². The van der Waals surface area contributed by atoms with E-state index < -0.39 is 0 Å². The van der Waals surface area contributed by atoms with Gasteiger partial charge in [0.25, 0.3) is 0 Å². The van der Waals surface area contributed by atoms with E-state index >= 15 is 0 Å². The lowest BCUT2D eigenvalue weighted by atomic mass is 10.1. The molecule has 0 atom stereocenters. The van der Waals surface area contributed by atoms with Gasteiger partial charge in [0, 0.05) is 18.5 Å². The van der Waals surface area contributed by atoms with Crippen LogP contribution in [0.15, 0.2) is 12.1 Å². The second kappa shape index (κ2) is 4.69. The van der Waals surface area contributed by atoms with E-state index in [0.29, 0.717) is 28.7 Å². The molecule has 3 aromatic rings. The first kappa shape index (κ1) is 13.3. The highest BCUT2D eigenvalue weighted by Gasteiger charge is 2.19. The Bertz CT molecular complexity index is 841. The lowest BCUT2D eigenvalue weighted by molar-refractivity contribution is 0.327.